The highest BCUT2D eigenvalue weighted by Crippen LogP contribution is 2.47. The molecule has 0 aromatic carbocycles. The van der Waals surface area contributed by atoms with Crippen molar-refractivity contribution in [3.63, 3.8) is 0 Å². The predicted octanol–water partition coefficient (Wildman–Crippen LogP) is 4.79. The van der Waals surface area contributed by atoms with Crippen LogP contribution in [-0.2, 0) is 16.6 Å². The summed E-state index contributed by atoms with van der Waals surface area (Å²) in [6, 6.07) is 0.656. The molecule has 1 aliphatic heterocycles. The van der Waals surface area contributed by atoms with E-state index < -0.39 is 5.41 Å². The van der Waals surface area contributed by atoms with Crippen molar-refractivity contribution in [1.29, 1.82) is 0 Å². The fourth-order valence-electron chi connectivity index (χ4n) is 6.18. The number of carbonyl (C=O) groups is 1. The van der Waals surface area contributed by atoms with E-state index >= 15 is 0 Å². The van der Waals surface area contributed by atoms with Gasteiger partial charge in [0.25, 0.3) is 0 Å². The minimum atomic E-state index is -0.496. The lowest BCUT2D eigenvalue weighted by Crippen LogP contribution is -2.49. The van der Waals surface area contributed by atoms with Crippen LogP contribution in [-0.4, -0.2) is 61.5 Å². The molecule has 0 bridgehead atoms. The minimum absolute atomic E-state index is 0.205. The van der Waals surface area contributed by atoms with Crippen LogP contribution in [0.1, 0.15) is 69.2 Å². The molecule has 4 heterocycles. The Balaban J connectivity index is 1.49. The van der Waals surface area contributed by atoms with Gasteiger partial charge in [-0.2, -0.15) is 5.10 Å². The van der Waals surface area contributed by atoms with E-state index in [0.29, 0.717) is 29.8 Å². The first kappa shape index (κ1) is 22.9. The van der Waals surface area contributed by atoms with Crippen LogP contribution in [0.5, 0.6) is 0 Å². The largest absolute Gasteiger partial charge is 0.359 e. The third-order valence-electron chi connectivity index (χ3n) is 8.21. The number of hydrogen-bond acceptors (Lipinski definition) is 8. The van der Waals surface area contributed by atoms with Gasteiger partial charge in [-0.15, -0.1) is 11.8 Å². The molecule has 0 amide bonds. The van der Waals surface area contributed by atoms with Crippen LogP contribution >= 0.6 is 34.4 Å². The van der Waals surface area contributed by atoms with E-state index in [-0.39, 0.29) is 6.04 Å². The normalized spacial score (nSPS) is 26.1. The molecule has 10 heteroatoms. The molecule has 3 aromatic rings. The average Bonchev–Trinajstić information content (AvgIpc) is 3.42. The number of ketones is 1. The first-order chi connectivity index (χ1) is 16.4. The van der Waals surface area contributed by atoms with Crippen molar-refractivity contribution >= 4 is 51.2 Å². The second-order valence-corrected chi connectivity index (χ2v) is 11.8. The molecular formula is C24H29IN6O2S. The van der Waals surface area contributed by atoms with Gasteiger partial charge in [0.05, 0.1) is 16.8 Å². The molecule has 0 radical (unpaired) electrons. The van der Waals surface area contributed by atoms with E-state index in [1.54, 1.807) is 11.8 Å². The van der Waals surface area contributed by atoms with Crippen molar-refractivity contribution in [2.45, 2.75) is 80.8 Å². The molecule has 1 saturated heterocycles. The number of rotatable bonds is 4. The van der Waals surface area contributed by atoms with Crippen LogP contribution in [0.3, 0.4) is 0 Å². The molecule has 1 saturated carbocycles. The SMILES string of the molecule is CSc1nc(-c2noc3c2CCC[C@@]32CCCCC2=O)nc2c1c(I)nn2C(C)[C@@H]1CCN1C. The number of likely N-dealkylation sites (N-methyl/N-ethyl adjacent to an activating group) is 1. The van der Waals surface area contributed by atoms with Crippen molar-refractivity contribution in [2.75, 3.05) is 19.8 Å². The number of halogens is 1. The van der Waals surface area contributed by atoms with Crippen LogP contribution in [0.2, 0.25) is 0 Å². The molecule has 2 fully saturated rings. The van der Waals surface area contributed by atoms with Gasteiger partial charge in [0.1, 0.15) is 14.5 Å². The Hall–Kier alpha value is -1.53. The Morgan fingerprint density at radius 2 is 2.03 bits per heavy atom. The molecular weight excluding hydrogens is 563 g/mol. The lowest BCUT2D eigenvalue weighted by atomic mass is 9.64. The summed E-state index contributed by atoms with van der Waals surface area (Å²) in [4.78, 5) is 25.4. The fourth-order valence-corrected chi connectivity index (χ4v) is 7.66. The summed E-state index contributed by atoms with van der Waals surface area (Å²) in [7, 11) is 2.17. The number of aromatic nitrogens is 5. The van der Waals surface area contributed by atoms with Gasteiger partial charge in [0, 0.05) is 18.0 Å². The van der Waals surface area contributed by atoms with E-state index in [1.165, 1.54) is 0 Å². The van der Waals surface area contributed by atoms with Gasteiger partial charge < -0.3 is 9.42 Å². The van der Waals surface area contributed by atoms with Crippen LogP contribution in [0.4, 0.5) is 0 Å². The predicted molar refractivity (Wildman–Crippen MR) is 139 cm³/mol. The number of Topliss-reactive ketones (excluding diaryl/α,β-unsaturated/α-hetero) is 1. The van der Waals surface area contributed by atoms with Gasteiger partial charge in [-0.25, -0.2) is 14.6 Å². The zero-order valence-corrected chi connectivity index (χ0v) is 22.8. The molecule has 180 valence electrons. The Labute approximate surface area is 216 Å². The van der Waals surface area contributed by atoms with E-state index in [2.05, 4.69) is 51.3 Å². The molecule has 0 N–H and O–H groups in total. The summed E-state index contributed by atoms with van der Waals surface area (Å²) in [6.07, 6.45) is 9.41. The summed E-state index contributed by atoms with van der Waals surface area (Å²) < 4.78 is 8.96. The van der Waals surface area contributed by atoms with Crippen molar-refractivity contribution in [3.8, 4) is 11.5 Å². The summed E-state index contributed by atoms with van der Waals surface area (Å²) in [5, 5.41) is 11.3. The molecule has 8 nitrogen and oxygen atoms in total. The monoisotopic (exact) mass is 592 g/mol. The van der Waals surface area contributed by atoms with E-state index in [9.17, 15) is 4.79 Å². The van der Waals surface area contributed by atoms with Gasteiger partial charge in [-0.3, -0.25) is 4.79 Å². The average molecular weight is 593 g/mol. The molecule has 3 atom stereocenters. The van der Waals surface area contributed by atoms with Gasteiger partial charge in [0.2, 0.25) is 0 Å². The number of likely N-dealkylation sites (tertiary alicyclic amines) is 1. The number of thioether (sulfide) groups is 1. The summed E-state index contributed by atoms with van der Waals surface area (Å²) >= 11 is 3.90. The summed E-state index contributed by atoms with van der Waals surface area (Å²) in [5.41, 5.74) is 2.08. The number of nitrogens with zero attached hydrogens (tertiary/aromatic N) is 6. The fraction of sp³-hybridized carbons (Fsp3) is 0.625. The summed E-state index contributed by atoms with van der Waals surface area (Å²) in [5.74, 6) is 1.67. The van der Waals surface area contributed by atoms with Gasteiger partial charge in [-0.05, 0) is 87.9 Å². The van der Waals surface area contributed by atoms with Crippen LogP contribution in [0.15, 0.2) is 9.55 Å². The first-order valence-corrected chi connectivity index (χ1v) is 14.5. The Bertz CT molecular complexity index is 1290. The number of fused-ring (bicyclic) bond motifs is 3. The maximum atomic E-state index is 13.1. The number of carbonyl (C=O) groups excluding carboxylic acids is 1. The second kappa shape index (κ2) is 8.55. The van der Waals surface area contributed by atoms with Crippen molar-refractivity contribution in [3.05, 3.63) is 15.0 Å². The van der Waals surface area contributed by atoms with Crippen LogP contribution in [0.25, 0.3) is 22.6 Å². The van der Waals surface area contributed by atoms with Gasteiger partial charge in [-0.1, -0.05) is 11.6 Å². The number of hydrogen-bond donors (Lipinski definition) is 0. The highest BCUT2D eigenvalue weighted by Gasteiger charge is 2.48. The Morgan fingerprint density at radius 3 is 2.74 bits per heavy atom. The maximum absolute atomic E-state index is 13.1. The quantitative estimate of drug-likeness (QED) is 0.243. The third-order valence-corrected chi connectivity index (χ3v) is 9.65. The smallest absolute Gasteiger partial charge is 0.185 e. The molecule has 34 heavy (non-hydrogen) atoms. The van der Waals surface area contributed by atoms with Crippen molar-refractivity contribution in [2.24, 2.45) is 0 Å². The molecule has 3 aliphatic rings. The molecule has 2 aliphatic carbocycles. The minimum Gasteiger partial charge on any atom is -0.359 e. The van der Waals surface area contributed by atoms with E-state index in [0.717, 1.165) is 82.6 Å². The third kappa shape index (κ3) is 3.31. The second-order valence-electron chi connectivity index (χ2n) is 9.97. The summed E-state index contributed by atoms with van der Waals surface area (Å²) in [6.45, 7) is 3.34. The van der Waals surface area contributed by atoms with Crippen molar-refractivity contribution < 1.29 is 9.32 Å². The molecule has 1 spiro atoms. The first-order valence-electron chi connectivity index (χ1n) is 12.2. The highest BCUT2D eigenvalue weighted by atomic mass is 127. The van der Waals surface area contributed by atoms with E-state index in [1.807, 2.05) is 6.26 Å². The van der Waals surface area contributed by atoms with E-state index in [4.69, 9.17) is 19.6 Å². The zero-order chi connectivity index (χ0) is 23.6. The lowest BCUT2D eigenvalue weighted by Gasteiger charge is -2.41. The zero-order valence-electron chi connectivity index (χ0n) is 19.8. The topological polar surface area (TPSA) is 89.9 Å². The molecule has 3 aromatic heterocycles. The van der Waals surface area contributed by atoms with Gasteiger partial charge in [0.15, 0.2) is 22.9 Å². The van der Waals surface area contributed by atoms with Crippen LogP contribution < -0.4 is 0 Å². The highest BCUT2D eigenvalue weighted by molar-refractivity contribution is 14.1. The molecule has 6 rings (SSSR count). The molecule has 1 unspecified atom stereocenters. The Kier molecular flexibility index (Phi) is 5.76. The van der Waals surface area contributed by atoms with Gasteiger partial charge >= 0.3 is 0 Å². The van der Waals surface area contributed by atoms with Crippen LogP contribution in [0, 0.1) is 3.70 Å². The maximum Gasteiger partial charge on any atom is 0.185 e. The van der Waals surface area contributed by atoms with Crippen molar-refractivity contribution in [1.82, 2.24) is 29.8 Å². The standard InChI is InChI=1S/C24H29IN6O2S/c1-13(15-9-12-30(15)2)31-22-17(20(25)28-31)23(34-3)27-21(26-22)18-14-7-6-11-24(19(14)33-29-18)10-5-4-8-16(24)32/h13,15H,4-12H2,1-3H3/t13?,15-,24+/m0/s1. The lowest BCUT2D eigenvalue weighted by molar-refractivity contribution is -0.128. The Morgan fingerprint density at radius 1 is 1.21 bits per heavy atom.